The van der Waals surface area contributed by atoms with Gasteiger partial charge in [0.25, 0.3) is 0 Å². The predicted octanol–water partition coefficient (Wildman–Crippen LogP) is 4.29. The van der Waals surface area contributed by atoms with Gasteiger partial charge in [0, 0.05) is 22.9 Å². The molecule has 0 aliphatic carbocycles. The topological polar surface area (TPSA) is 30.0 Å². The van der Waals surface area contributed by atoms with Crippen LogP contribution in [0.15, 0.2) is 72.9 Å². The predicted molar refractivity (Wildman–Crippen MR) is 84.3 cm³/mol. The van der Waals surface area contributed by atoms with Crippen LogP contribution in [0.3, 0.4) is 0 Å². The van der Waals surface area contributed by atoms with Crippen molar-refractivity contribution in [2.75, 3.05) is 0 Å². The quantitative estimate of drug-likeness (QED) is 0.666. The van der Waals surface area contributed by atoms with Crippen LogP contribution >= 0.6 is 0 Å². The molecule has 2 aromatic carbocycles. The fourth-order valence-corrected chi connectivity index (χ4v) is 2.28. The van der Waals surface area contributed by atoms with Gasteiger partial charge in [0.05, 0.1) is 5.69 Å². The lowest BCUT2D eigenvalue weighted by Crippen LogP contribution is -2.04. The summed E-state index contributed by atoms with van der Waals surface area (Å²) in [6, 6.07) is 21.0. The van der Waals surface area contributed by atoms with Crippen LogP contribution in [0.5, 0.6) is 0 Å². The van der Waals surface area contributed by atoms with E-state index in [1.165, 1.54) is 5.56 Å². The van der Waals surface area contributed by atoms with Gasteiger partial charge in [-0.15, -0.1) is 0 Å². The van der Waals surface area contributed by atoms with Crippen molar-refractivity contribution in [1.29, 1.82) is 0 Å². The lowest BCUT2D eigenvalue weighted by atomic mass is 9.98. The Kier molecular flexibility index (Phi) is 3.61. The SMILES string of the molecule is Cc1ccc(-c2ncccc2C(=O)c2ccccc2)cc1. The molecule has 3 rings (SSSR count). The van der Waals surface area contributed by atoms with Gasteiger partial charge in [0.2, 0.25) is 0 Å². The highest BCUT2D eigenvalue weighted by Gasteiger charge is 2.15. The Labute approximate surface area is 124 Å². The molecular weight excluding hydrogens is 258 g/mol. The first-order valence-electron chi connectivity index (χ1n) is 6.87. The summed E-state index contributed by atoms with van der Waals surface area (Å²) in [7, 11) is 0. The average Bonchev–Trinajstić information content (AvgIpc) is 2.56. The van der Waals surface area contributed by atoms with Crippen molar-refractivity contribution in [2.45, 2.75) is 6.92 Å². The summed E-state index contributed by atoms with van der Waals surface area (Å²) in [6.45, 7) is 2.04. The van der Waals surface area contributed by atoms with Crippen molar-refractivity contribution < 1.29 is 4.79 Å². The van der Waals surface area contributed by atoms with E-state index >= 15 is 0 Å². The van der Waals surface area contributed by atoms with Crippen molar-refractivity contribution in [1.82, 2.24) is 4.98 Å². The first-order valence-corrected chi connectivity index (χ1v) is 6.87. The first kappa shape index (κ1) is 13.3. The van der Waals surface area contributed by atoms with Gasteiger partial charge in [-0.1, -0.05) is 60.2 Å². The molecule has 0 aliphatic heterocycles. The normalized spacial score (nSPS) is 10.3. The number of aromatic nitrogens is 1. The van der Waals surface area contributed by atoms with Gasteiger partial charge in [-0.3, -0.25) is 9.78 Å². The lowest BCUT2D eigenvalue weighted by molar-refractivity contribution is 0.103. The summed E-state index contributed by atoms with van der Waals surface area (Å²) in [5, 5.41) is 0. The van der Waals surface area contributed by atoms with E-state index in [9.17, 15) is 4.79 Å². The molecule has 0 saturated carbocycles. The molecule has 0 radical (unpaired) electrons. The Hall–Kier alpha value is -2.74. The molecule has 0 aliphatic rings. The van der Waals surface area contributed by atoms with Gasteiger partial charge in [-0.05, 0) is 19.1 Å². The van der Waals surface area contributed by atoms with E-state index in [-0.39, 0.29) is 5.78 Å². The zero-order chi connectivity index (χ0) is 14.7. The molecule has 0 bridgehead atoms. The number of hydrogen-bond donors (Lipinski definition) is 0. The second kappa shape index (κ2) is 5.71. The van der Waals surface area contributed by atoms with E-state index in [0.29, 0.717) is 11.1 Å². The van der Waals surface area contributed by atoms with E-state index in [4.69, 9.17) is 0 Å². The Bertz CT molecular complexity index is 761. The molecule has 0 amide bonds. The maximum Gasteiger partial charge on any atom is 0.195 e. The van der Waals surface area contributed by atoms with Gasteiger partial charge in [-0.2, -0.15) is 0 Å². The van der Waals surface area contributed by atoms with Gasteiger partial charge >= 0.3 is 0 Å². The van der Waals surface area contributed by atoms with Gasteiger partial charge in [0.1, 0.15) is 0 Å². The smallest absolute Gasteiger partial charge is 0.195 e. The third-order valence-electron chi connectivity index (χ3n) is 3.41. The molecule has 0 saturated heterocycles. The number of ketones is 1. The minimum Gasteiger partial charge on any atom is -0.289 e. The molecule has 3 aromatic rings. The van der Waals surface area contributed by atoms with Crippen molar-refractivity contribution in [3.8, 4) is 11.3 Å². The van der Waals surface area contributed by atoms with Gasteiger partial charge < -0.3 is 0 Å². The first-order chi connectivity index (χ1) is 10.3. The molecule has 102 valence electrons. The molecule has 0 atom stereocenters. The minimum absolute atomic E-state index is 0.000671. The average molecular weight is 273 g/mol. The summed E-state index contributed by atoms with van der Waals surface area (Å²) in [5.41, 5.74) is 4.18. The molecule has 2 heteroatoms. The van der Waals surface area contributed by atoms with Crippen LogP contribution in [0.2, 0.25) is 0 Å². The fourth-order valence-electron chi connectivity index (χ4n) is 2.28. The number of carbonyl (C=O) groups excluding carboxylic acids is 1. The van der Waals surface area contributed by atoms with Crippen molar-refractivity contribution in [3.05, 3.63) is 89.6 Å². The van der Waals surface area contributed by atoms with Crippen LogP contribution in [0, 0.1) is 6.92 Å². The standard InChI is InChI=1S/C19H15NO/c1-14-9-11-15(12-10-14)18-17(8-5-13-20-18)19(21)16-6-3-2-4-7-16/h2-13H,1H3. The summed E-state index contributed by atoms with van der Waals surface area (Å²) < 4.78 is 0. The molecule has 0 fully saturated rings. The highest BCUT2D eigenvalue weighted by molar-refractivity contribution is 6.12. The maximum absolute atomic E-state index is 12.7. The van der Waals surface area contributed by atoms with Gasteiger partial charge in [0.15, 0.2) is 5.78 Å². The van der Waals surface area contributed by atoms with Crippen LogP contribution in [0.1, 0.15) is 21.5 Å². The third-order valence-corrected chi connectivity index (χ3v) is 3.41. The number of rotatable bonds is 3. The van der Waals surface area contributed by atoms with E-state index in [2.05, 4.69) is 4.98 Å². The second-order valence-corrected chi connectivity index (χ2v) is 4.96. The highest BCUT2D eigenvalue weighted by Crippen LogP contribution is 2.23. The van der Waals surface area contributed by atoms with E-state index in [0.717, 1.165) is 11.3 Å². The number of benzene rings is 2. The highest BCUT2D eigenvalue weighted by atomic mass is 16.1. The summed E-state index contributed by atoms with van der Waals surface area (Å²) in [4.78, 5) is 17.1. The van der Waals surface area contributed by atoms with Crippen LogP contribution in [-0.4, -0.2) is 10.8 Å². The minimum atomic E-state index is -0.000671. The van der Waals surface area contributed by atoms with Crippen LogP contribution in [0.25, 0.3) is 11.3 Å². The number of hydrogen-bond acceptors (Lipinski definition) is 2. The largest absolute Gasteiger partial charge is 0.289 e. The van der Waals surface area contributed by atoms with Crippen LogP contribution < -0.4 is 0 Å². The molecule has 0 N–H and O–H groups in total. The molecule has 2 nitrogen and oxygen atoms in total. The van der Waals surface area contributed by atoms with Crippen molar-refractivity contribution in [3.63, 3.8) is 0 Å². The summed E-state index contributed by atoms with van der Waals surface area (Å²) in [6.07, 6.45) is 1.72. The third kappa shape index (κ3) is 2.75. The van der Waals surface area contributed by atoms with E-state index in [1.54, 1.807) is 12.3 Å². The maximum atomic E-state index is 12.7. The molecule has 1 aromatic heterocycles. The Balaban J connectivity index is 2.08. The monoisotopic (exact) mass is 273 g/mol. The Morgan fingerprint density at radius 3 is 2.29 bits per heavy atom. The summed E-state index contributed by atoms with van der Waals surface area (Å²) >= 11 is 0. The number of aryl methyl sites for hydroxylation is 1. The number of pyridine rings is 1. The number of nitrogens with zero attached hydrogens (tertiary/aromatic N) is 1. The summed E-state index contributed by atoms with van der Waals surface area (Å²) in [5.74, 6) is -0.000671. The lowest BCUT2D eigenvalue weighted by Gasteiger charge is -2.08. The zero-order valence-corrected chi connectivity index (χ0v) is 11.8. The van der Waals surface area contributed by atoms with Crippen LogP contribution in [0.4, 0.5) is 0 Å². The zero-order valence-electron chi connectivity index (χ0n) is 11.8. The van der Waals surface area contributed by atoms with Gasteiger partial charge in [-0.25, -0.2) is 0 Å². The van der Waals surface area contributed by atoms with E-state index < -0.39 is 0 Å². The van der Waals surface area contributed by atoms with Crippen molar-refractivity contribution >= 4 is 5.78 Å². The fraction of sp³-hybridized carbons (Fsp3) is 0.0526. The van der Waals surface area contributed by atoms with E-state index in [1.807, 2.05) is 67.6 Å². The second-order valence-electron chi connectivity index (χ2n) is 4.96. The molecule has 1 heterocycles. The molecule has 21 heavy (non-hydrogen) atoms. The Morgan fingerprint density at radius 1 is 0.857 bits per heavy atom. The molecular formula is C19H15NO. The van der Waals surface area contributed by atoms with Crippen molar-refractivity contribution in [2.24, 2.45) is 0 Å². The molecule has 0 spiro atoms. The number of carbonyl (C=O) groups is 1. The van der Waals surface area contributed by atoms with Crippen LogP contribution in [-0.2, 0) is 0 Å². The Morgan fingerprint density at radius 2 is 1.57 bits per heavy atom. The molecule has 0 unspecified atom stereocenters.